The fraction of sp³-hybridized carbons (Fsp3) is 0.286. The molecule has 0 spiro atoms. The van der Waals surface area contributed by atoms with Gasteiger partial charge in [-0.15, -0.1) is 0 Å². The SMILES string of the molecule is Cc1ccccc1[C@@H]1c2c(C)cccc2CCN1CC(=O)N(Cc1ccccc1F)C1Cc2ccccc2C1. The maximum Gasteiger partial charge on any atom is 0.237 e. The number of hydrogen-bond donors (Lipinski definition) is 0. The van der Waals surface area contributed by atoms with Crippen LogP contribution in [0.2, 0.25) is 0 Å². The fourth-order valence-corrected chi connectivity index (χ4v) is 6.59. The lowest BCUT2D eigenvalue weighted by Crippen LogP contribution is -2.48. The quantitative estimate of drug-likeness (QED) is 0.288. The van der Waals surface area contributed by atoms with Gasteiger partial charge in [0, 0.05) is 24.7 Å². The minimum atomic E-state index is -0.258. The van der Waals surface area contributed by atoms with Crippen molar-refractivity contribution in [2.24, 2.45) is 0 Å². The number of aryl methyl sites for hydroxylation is 2. The number of hydrogen-bond acceptors (Lipinski definition) is 2. The van der Waals surface area contributed by atoms with Gasteiger partial charge in [-0.05, 0) is 78.1 Å². The van der Waals surface area contributed by atoms with Gasteiger partial charge in [0.25, 0.3) is 0 Å². The molecule has 4 aromatic carbocycles. The van der Waals surface area contributed by atoms with E-state index in [-0.39, 0.29) is 30.4 Å². The van der Waals surface area contributed by atoms with Gasteiger partial charge in [-0.3, -0.25) is 9.69 Å². The van der Waals surface area contributed by atoms with Crippen LogP contribution in [0, 0.1) is 19.7 Å². The third-order valence-corrected chi connectivity index (χ3v) is 8.63. The molecule has 4 aromatic rings. The molecule has 2 aliphatic rings. The molecule has 198 valence electrons. The summed E-state index contributed by atoms with van der Waals surface area (Å²) in [6.07, 6.45) is 2.52. The van der Waals surface area contributed by atoms with Gasteiger partial charge in [0.05, 0.1) is 12.6 Å². The highest BCUT2D eigenvalue weighted by molar-refractivity contribution is 5.79. The molecule has 1 atom stereocenters. The standard InChI is InChI=1S/C35H35FN2O/c1-24-10-3-7-16-31(24)35-34-25(2)11-9-15-26(34)18-19-37(35)23-33(39)38(22-29-14-6-8-17-32(29)36)30-20-27-12-4-5-13-28(27)21-30/h3-17,30,35H,18-23H2,1-2H3/t35-/m1/s1. The first-order valence-electron chi connectivity index (χ1n) is 14.0. The number of fused-ring (bicyclic) bond motifs is 2. The Labute approximate surface area is 230 Å². The molecule has 0 saturated carbocycles. The molecule has 3 nitrogen and oxygen atoms in total. The summed E-state index contributed by atoms with van der Waals surface area (Å²) in [5, 5.41) is 0. The molecule has 0 saturated heterocycles. The second-order valence-corrected chi connectivity index (χ2v) is 11.1. The first-order valence-corrected chi connectivity index (χ1v) is 14.0. The molecular weight excluding hydrogens is 483 g/mol. The number of carbonyl (C=O) groups is 1. The van der Waals surface area contributed by atoms with Gasteiger partial charge in [-0.1, -0.05) is 84.9 Å². The van der Waals surface area contributed by atoms with Crippen LogP contribution in [0.15, 0.2) is 91.0 Å². The minimum absolute atomic E-state index is 0.0104. The molecule has 1 aliphatic carbocycles. The van der Waals surface area contributed by atoms with Crippen molar-refractivity contribution in [1.82, 2.24) is 9.80 Å². The third-order valence-electron chi connectivity index (χ3n) is 8.63. The van der Waals surface area contributed by atoms with E-state index in [0.717, 1.165) is 25.8 Å². The maximum absolute atomic E-state index is 14.8. The summed E-state index contributed by atoms with van der Waals surface area (Å²) in [5.74, 6) is -0.196. The fourth-order valence-electron chi connectivity index (χ4n) is 6.59. The van der Waals surface area contributed by atoms with Crippen molar-refractivity contribution in [2.75, 3.05) is 13.1 Å². The van der Waals surface area contributed by atoms with Crippen LogP contribution in [0.3, 0.4) is 0 Å². The summed E-state index contributed by atoms with van der Waals surface area (Å²) in [6.45, 7) is 5.72. The van der Waals surface area contributed by atoms with E-state index in [0.29, 0.717) is 12.1 Å². The second kappa shape index (κ2) is 10.8. The Morgan fingerprint density at radius 3 is 2.21 bits per heavy atom. The minimum Gasteiger partial charge on any atom is -0.333 e. The van der Waals surface area contributed by atoms with Gasteiger partial charge in [0.2, 0.25) is 5.91 Å². The van der Waals surface area contributed by atoms with Gasteiger partial charge >= 0.3 is 0 Å². The zero-order valence-electron chi connectivity index (χ0n) is 22.7. The van der Waals surface area contributed by atoms with Crippen molar-refractivity contribution >= 4 is 5.91 Å². The molecule has 0 radical (unpaired) electrons. The molecule has 4 heteroatoms. The van der Waals surface area contributed by atoms with E-state index < -0.39 is 0 Å². The molecule has 1 aliphatic heterocycles. The largest absolute Gasteiger partial charge is 0.333 e. The summed E-state index contributed by atoms with van der Waals surface area (Å²) in [5.41, 5.74) is 9.55. The van der Waals surface area contributed by atoms with E-state index >= 15 is 0 Å². The number of benzene rings is 4. The Kier molecular flexibility index (Phi) is 7.05. The van der Waals surface area contributed by atoms with E-state index in [1.807, 2.05) is 11.0 Å². The van der Waals surface area contributed by atoms with E-state index in [2.05, 4.69) is 85.5 Å². The average Bonchev–Trinajstić information content (AvgIpc) is 3.37. The Balaban J connectivity index is 1.34. The van der Waals surface area contributed by atoms with Crippen LogP contribution in [-0.4, -0.2) is 34.8 Å². The Bertz CT molecular complexity index is 1490. The van der Waals surface area contributed by atoms with Gasteiger partial charge < -0.3 is 4.90 Å². The smallest absolute Gasteiger partial charge is 0.237 e. The van der Waals surface area contributed by atoms with Crippen molar-refractivity contribution in [2.45, 2.75) is 51.7 Å². The van der Waals surface area contributed by atoms with Crippen molar-refractivity contribution in [3.63, 3.8) is 0 Å². The van der Waals surface area contributed by atoms with E-state index in [9.17, 15) is 9.18 Å². The Morgan fingerprint density at radius 1 is 0.821 bits per heavy atom. The number of halogens is 1. The van der Waals surface area contributed by atoms with Crippen LogP contribution in [0.25, 0.3) is 0 Å². The summed E-state index contributed by atoms with van der Waals surface area (Å²) in [6, 6.07) is 30.4. The van der Waals surface area contributed by atoms with Crippen LogP contribution < -0.4 is 0 Å². The third kappa shape index (κ3) is 5.02. The molecule has 0 unspecified atom stereocenters. The molecule has 1 heterocycles. The zero-order chi connectivity index (χ0) is 26.9. The van der Waals surface area contributed by atoms with Crippen LogP contribution in [0.4, 0.5) is 4.39 Å². The topological polar surface area (TPSA) is 23.6 Å². The first-order chi connectivity index (χ1) is 19.0. The molecule has 1 amide bonds. The number of amides is 1. The Morgan fingerprint density at radius 2 is 1.46 bits per heavy atom. The predicted molar refractivity (Wildman–Crippen MR) is 154 cm³/mol. The number of nitrogens with zero attached hydrogens (tertiary/aromatic N) is 2. The molecule has 6 rings (SSSR count). The summed E-state index contributed by atoms with van der Waals surface area (Å²) in [4.78, 5) is 18.6. The lowest BCUT2D eigenvalue weighted by Gasteiger charge is -2.40. The Hall–Kier alpha value is -3.76. The highest BCUT2D eigenvalue weighted by Crippen LogP contribution is 2.38. The van der Waals surface area contributed by atoms with Crippen LogP contribution in [0.1, 0.15) is 50.5 Å². The second-order valence-electron chi connectivity index (χ2n) is 11.1. The normalized spacial score (nSPS) is 17.1. The molecule has 0 aromatic heterocycles. The first kappa shape index (κ1) is 25.5. The van der Waals surface area contributed by atoms with Crippen molar-refractivity contribution in [3.8, 4) is 0 Å². The highest BCUT2D eigenvalue weighted by atomic mass is 19.1. The highest BCUT2D eigenvalue weighted by Gasteiger charge is 2.35. The monoisotopic (exact) mass is 518 g/mol. The van der Waals surface area contributed by atoms with Gasteiger partial charge in [-0.25, -0.2) is 4.39 Å². The van der Waals surface area contributed by atoms with Gasteiger partial charge in [0.1, 0.15) is 5.82 Å². The molecule has 0 N–H and O–H groups in total. The van der Waals surface area contributed by atoms with Crippen molar-refractivity contribution in [1.29, 1.82) is 0 Å². The summed E-state index contributed by atoms with van der Waals surface area (Å²) >= 11 is 0. The number of rotatable bonds is 6. The summed E-state index contributed by atoms with van der Waals surface area (Å²) < 4.78 is 14.8. The maximum atomic E-state index is 14.8. The van der Waals surface area contributed by atoms with E-state index in [4.69, 9.17) is 0 Å². The molecule has 39 heavy (non-hydrogen) atoms. The van der Waals surface area contributed by atoms with Crippen molar-refractivity contribution in [3.05, 3.63) is 141 Å². The van der Waals surface area contributed by atoms with E-state index in [1.54, 1.807) is 12.1 Å². The lowest BCUT2D eigenvalue weighted by molar-refractivity contribution is -0.136. The molecule has 0 bridgehead atoms. The van der Waals surface area contributed by atoms with Crippen LogP contribution in [-0.2, 0) is 30.6 Å². The number of carbonyl (C=O) groups excluding carboxylic acids is 1. The van der Waals surface area contributed by atoms with Gasteiger partial charge in [-0.2, -0.15) is 0 Å². The van der Waals surface area contributed by atoms with E-state index in [1.165, 1.54) is 45.0 Å². The predicted octanol–water partition coefficient (Wildman–Crippen LogP) is 6.59. The lowest BCUT2D eigenvalue weighted by atomic mass is 9.84. The molecular formula is C35H35FN2O. The average molecular weight is 519 g/mol. The molecule has 0 fully saturated rings. The van der Waals surface area contributed by atoms with Crippen LogP contribution >= 0.6 is 0 Å². The summed E-state index contributed by atoms with van der Waals surface area (Å²) in [7, 11) is 0. The zero-order valence-corrected chi connectivity index (χ0v) is 22.7. The van der Waals surface area contributed by atoms with Crippen LogP contribution in [0.5, 0.6) is 0 Å². The van der Waals surface area contributed by atoms with Gasteiger partial charge in [0.15, 0.2) is 0 Å². The van der Waals surface area contributed by atoms with Crippen molar-refractivity contribution < 1.29 is 9.18 Å².